The Bertz CT molecular complexity index is 885. The highest BCUT2D eigenvalue weighted by Crippen LogP contribution is 2.18. The topological polar surface area (TPSA) is 110 Å². The van der Waals surface area contributed by atoms with Crippen molar-refractivity contribution >= 4 is 27.4 Å². The van der Waals surface area contributed by atoms with E-state index in [0.717, 1.165) is 0 Å². The lowest BCUT2D eigenvalue weighted by Gasteiger charge is -2.11. The number of carbonyl (C=O) groups is 1. The molecule has 1 unspecified atom stereocenters. The Morgan fingerprint density at radius 1 is 1.32 bits per heavy atom. The van der Waals surface area contributed by atoms with Crippen molar-refractivity contribution < 1.29 is 17.9 Å². The minimum absolute atomic E-state index is 0.0522. The molecule has 8 nitrogen and oxygen atoms in total. The van der Waals surface area contributed by atoms with Crippen molar-refractivity contribution in [1.82, 2.24) is 9.97 Å². The summed E-state index contributed by atoms with van der Waals surface area (Å²) in [4.78, 5) is 20.6. The molecule has 0 radical (unpaired) electrons. The molecule has 2 aromatic rings. The number of hydrogen-bond acceptors (Lipinski definition) is 7. The quantitative estimate of drug-likeness (QED) is 0.826. The molecule has 3 rings (SSSR count). The van der Waals surface area contributed by atoms with Crippen LogP contribution >= 0.6 is 0 Å². The summed E-state index contributed by atoms with van der Waals surface area (Å²) in [6, 6.07) is 8.24. The number of nitrogens with zero attached hydrogens (tertiary/aromatic N) is 2. The van der Waals surface area contributed by atoms with Crippen LogP contribution in [0.5, 0.6) is 5.75 Å². The van der Waals surface area contributed by atoms with Crippen LogP contribution < -0.4 is 15.4 Å². The summed E-state index contributed by atoms with van der Waals surface area (Å²) in [5.74, 6) is 0.681. The molecular weight excluding hydrogens is 344 g/mol. The van der Waals surface area contributed by atoms with E-state index in [2.05, 4.69) is 20.6 Å². The van der Waals surface area contributed by atoms with Crippen LogP contribution in [0.25, 0.3) is 0 Å². The standard InChI is InChI=1S/C16H18N4O4S/c1-24-13-4-2-3-11(9-13)18-15(21)14-5-7-17-16(20-14)19-12-6-8-25(22,23)10-12/h2-5,7,9,12H,6,8,10H2,1H3,(H,18,21)(H,17,19,20). The zero-order chi connectivity index (χ0) is 17.9. The Balaban J connectivity index is 1.69. The van der Waals surface area contributed by atoms with Gasteiger partial charge in [-0.2, -0.15) is 0 Å². The summed E-state index contributed by atoms with van der Waals surface area (Å²) in [6.07, 6.45) is 1.96. The summed E-state index contributed by atoms with van der Waals surface area (Å²) in [7, 11) is -1.45. The van der Waals surface area contributed by atoms with Crippen molar-refractivity contribution in [3.63, 3.8) is 0 Å². The maximum absolute atomic E-state index is 12.3. The molecule has 25 heavy (non-hydrogen) atoms. The molecule has 1 amide bonds. The van der Waals surface area contributed by atoms with Crippen LogP contribution in [0.4, 0.5) is 11.6 Å². The van der Waals surface area contributed by atoms with E-state index >= 15 is 0 Å². The van der Waals surface area contributed by atoms with Crippen LogP contribution in [0, 0.1) is 0 Å². The molecule has 0 aliphatic carbocycles. The second-order valence-corrected chi connectivity index (χ2v) is 7.92. The van der Waals surface area contributed by atoms with Crippen molar-refractivity contribution in [3.05, 3.63) is 42.2 Å². The third-order valence-corrected chi connectivity index (χ3v) is 5.55. The number of aromatic nitrogens is 2. The van der Waals surface area contributed by atoms with Gasteiger partial charge in [0.2, 0.25) is 5.95 Å². The lowest BCUT2D eigenvalue weighted by Crippen LogP contribution is -2.23. The first-order chi connectivity index (χ1) is 11.9. The Labute approximate surface area is 145 Å². The van der Waals surface area contributed by atoms with E-state index in [-0.39, 0.29) is 29.2 Å². The lowest BCUT2D eigenvalue weighted by atomic mass is 10.2. The fourth-order valence-electron chi connectivity index (χ4n) is 2.54. The van der Waals surface area contributed by atoms with Gasteiger partial charge in [-0.25, -0.2) is 18.4 Å². The molecule has 132 valence electrons. The molecule has 1 aromatic heterocycles. The molecular formula is C16H18N4O4S. The molecule has 2 N–H and O–H groups in total. The molecule has 1 saturated heterocycles. The van der Waals surface area contributed by atoms with Crippen molar-refractivity contribution in [2.45, 2.75) is 12.5 Å². The van der Waals surface area contributed by atoms with Gasteiger partial charge in [0.15, 0.2) is 9.84 Å². The number of carbonyl (C=O) groups excluding carboxylic acids is 1. The highest BCUT2D eigenvalue weighted by atomic mass is 32.2. The Kier molecular flexibility index (Phi) is 4.84. The minimum Gasteiger partial charge on any atom is -0.497 e. The molecule has 1 aliphatic rings. The number of rotatable bonds is 5. The van der Waals surface area contributed by atoms with Gasteiger partial charge >= 0.3 is 0 Å². The molecule has 1 aromatic carbocycles. The summed E-state index contributed by atoms with van der Waals surface area (Å²) >= 11 is 0. The zero-order valence-electron chi connectivity index (χ0n) is 13.6. The predicted octanol–water partition coefficient (Wildman–Crippen LogP) is 1.34. The maximum atomic E-state index is 12.3. The van der Waals surface area contributed by atoms with Gasteiger partial charge in [-0.15, -0.1) is 0 Å². The first-order valence-electron chi connectivity index (χ1n) is 7.70. The van der Waals surface area contributed by atoms with Gasteiger partial charge in [-0.05, 0) is 24.6 Å². The van der Waals surface area contributed by atoms with Crippen LogP contribution in [0.2, 0.25) is 0 Å². The van der Waals surface area contributed by atoms with Crippen LogP contribution in [0.3, 0.4) is 0 Å². The van der Waals surface area contributed by atoms with Gasteiger partial charge in [0.05, 0.1) is 18.6 Å². The van der Waals surface area contributed by atoms with Gasteiger partial charge in [0.1, 0.15) is 11.4 Å². The van der Waals surface area contributed by atoms with Crippen molar-refractivity contribution in [1.29, 1.82) is 0 Å². The third kappa shape index (κ3) is 4.44. The molecule has 0 bridgehead atoms. The van der Waals surface area contributed by atoms with Crippen molar-refractivity contribution in [2.75, 3.05) is 29.2 Å². The van der Waals surface area contributed by atoms with Gasteiger partial charge < -0.3 is 15.4 Å². The summed E-state index contributed by atoms with van der Waals surface area (Å²) in [5.41, 5.74) is 0.764. The largest absolute Gasteiger partial charge is 0.497 e. The lowest BCUT2D eigenvalue weighted by molar-refractivity contribution is 0.102. The summed E-state index contributed by atoms with van der Waals surface area (Å²) < 4.78 is 28.1. The molecule has 2 heterocycles. The third-order valence-electron chi connectivity index (χ3n) is 3.78. The minimum atomic E-state index is -3.00. The second-order valence-electron chi connectivity index (χ2n) is 5.70. The number of sulfone groups is 1. The van der Waals surface area contributed by atoms with Gasteiger partial charge in [-0.3, -0.25) is 4.79 Å². The highest BCUT2D eigenvalue weighted by Gasteiger charge is 2.28. The molecule has 0 spiro atoms. The predicted molar refractivity (Wildman–Crippen MR) is 93.7 cm³/mol. The van der Waals surface area contributed by atoms with E-state index in [1.807, 2.05) is 0 Å². The number of methoxy groups -OCH3 is 1. The van der Waals surface area contributed by atoms with Crippen LogP contribution in [0.1, 0.15) is 16.9 Å². The number of nitrogens with one attached hydrogen (secondary N) is 2. The Hall–Kier alpha value is -2.68. The SMILES string of the molecule is COc1cccc(NC(=O)c2ccnc(NC3CCS(=O)(=O)C3)n2)c1. The van der Waals surface area contributed by atoms with Gasteiger partial charge in [0, 0.05) is 24.0 Å². The van der Waals surface area contributed by atoms with E-state index in [0.29, 0.717) is 17.9 Å². The fourth-order valence-corrected chi connectivity index (χ4v) is 4.22. The number of benzene rings is 1. The molecule has 0 saturated carbocycles. The Morgan fingerprint density at radius 2 is 2.16 bits per heavy atom. The van der Waals surface area contributed by atoms with E-state index in [1.54, 1.807) is 31.4 Å². The molecule has 1 aliphatic heterocycles. The highest BCUT2D eigenvalue weighted by molar-refractivity contribution is 7.91. The van der Waals surface area contributed by atoms with E-state index in [4.69, 9.17) is 4.74 Å². The second kappa shape index (κ2) is 7.06. The van der Waals surface area contributed by atoms with Crippen molar-refractivity contribution in [3.8, 4) is 5.75 Å². The molecule has 1 fully saturated rings. The number of ether oxygens (including phenoxy) is 1. The first-order valence-corrected chi connectivity index (χ1v) is 9.53. The van der Waals surface area contributed by atoms with Crippen molar-refractivity contribution in [2.24, 2.45) is 0 Å². The first kappa shape index (κ1) is 17.2. The fraction of sp³-hybridized carbons (Fsp3) is 0.312. The van der Waals surface area contributed by atoms with Gasteiger partial charge in [0.25, 0.3) is 5.91 Å². The Morgan fingerprint density at radius 3 is 2.88 bits per heavy atom. The monoisotopic (exact) mass is 362 g/mol. The average molecular weight is 362 g/mol. The normalized spacial score (nSPS) is 18.5. The summed E-state index contributed by atoms with van der Waals surface area (Å²) in [6.45, 7) is 0. The molecule has 1 atom stereocenters. The number of amides is 1. The van der Waals surface area contributed by atoms with E-state index < -0.39 is 15.7 Å². The molecule has 9 heteroatoms. The van der Waals surface area contributed by atoms with E-state index in [1.165, 1.54) is 12.3 Å². The van der Waals surface area contributed by atoms with E-state index in [9.17, 15) is 13.2 Å². The van der Waals surface area contributed by atoms with Crippen LogP contribution in [-0.2, 0) is 9.84 Å². The van der Waals surface area contributed by atoms with Crippen LogP contribution in [-0.4, -0.2) is 49.0 Å². The zero-order valence-corrected chi connectivity index (χ0v) is 14.4. The number of anilines is 2. The van der Waals surface area contributed by atoms with Crippen LogP contribution in [0.15, 0.2) is 36.5 Å². The average Bonchev–Trinajstić information content (AvgIpc) is 2.93. The van der Waals surface area contributed by atoms with Gasteiger partial charge in [-0.1, -0.05) is 6.07 Å². The summed E-state index contributed by atoms with van der Waals surface area (Å²) in [5, 5.41) is 5.71. The smallest absolute Gasteiger partial charge is 0.274 e. The number of hydrogen-bond donors (Lipinski definition) is 2. The maximum Gasteiger partial charge on any atom is 0.274 e.